The van der Waals surface area contributed by atoms with Gasteiger partial charge in [0, 0.05) is 6.04 Å². The number of hydrogen-bond acceptors (Lipinski definition) is 2. The molecule has 0 atom stereocenters. The number of hydrogen-bond donors (Lipinski definition) is 2. The molecule has 2 heteroatoms. The van der Waals surface area contributed by atoms with Crippen LogP contribution >= 0.6 is 0 Å². The molecule has 0 aliphatic heterocycles. The summed E-state index contributed by atoms with van der Waals surface area (Å²) in [5.74, 6) is 0. The maximum absolute atomic E-state index is 5.55. The minimum atomic E-state index is 0.424. The second-order valence-corrected chi connectivity index (χ2v) is 4.92. The van der Waals surface area contributed by atoms with Crippen molar-refractivity contribution in [1.29, 1.82) is 0 Å². The van der Waals surface area contributed by atoms with Gasteiger partial charge in [-0.15, -0.1) is 0 Å². The molecule has 0 saturated carbocycles. The maximum Gasteiger partial charge on any atom is 0.00103 e. The summed E-state index contributed by atoms with van der Waals surface area (Å²) in [5, 5.41) is 3.43. The van der Waals surface area contributed by atoms with Crippen LogP contribution in [-0.4, -0.2) is 19.1 Å². The molecule has 2 nitrogen and oxygen atoms in total. The van der Waals surface area contributed by atoms with E-state index in [1.165, 1.54) is 12.8 Å². The first-order valence-electron chi connectivity index (χ1n) is 5.41. The summed E-state index contributed by atoms with van der Waals surface area (Å²) in [4.78, 5) is 0. The summed E-state index contributed by atoms with van der Waals surface area (Å²) in [6, 6.07) is 0.609. The van der Waals surface area contributed by atoms with Crippen molar-refractivity contribution in [2.24, 2.45) is 11.1 Å². The van der Waals surface area contributed by atoms with Crippen molar-refractivity contribution in [2.45, 2.75) is 53.0 Å². The van der Waals surface area contributed by atoms with Crippen LogP contribution in [0.25, 0.3) is 0 Å². The van der Waals surface area contributed by atoms with E-state index >= 15 is 0 Å². The van der Waals surface area contributed by atoms with Gasteiger partial charge in [0.05, 0.1) is 0 Å². The lowest BCUT2D eigenvalue weighted by Gasteiger charge is -2.23. The van der Waals surface area contributed by atoms with Crippen molar-refractivity contribution >= 4 is 0 Å². The second-order valence-electron chi connectivity index (χ2n) is 4.92. The SMILES string of the molecule is CC(C)NCCCC(C)(C)CCN. The lowest BCUT2D eigenvalue weighted by Crippen LogP contribution is -2.25. The molecule has 3 N–H and O–H groups in total. The first kappa shape index (κ1) is 12.9. The predicted molar refractivity (Wildman–Crippen MR) is 59.8 cm³/mol. The zero-order valence-corrected chi connectivity index (χ0v) is 9.69. The standard InChI is InChI=1S/C11H26N2/c1-10(2)13-9-5-6-11(3,4)7-8-12/h10,13H,5-9,12H2,1-4H3. The van der Waals surface area contributed by atoms with Gasteiger partial charge in [-0.25, -0.2) is 0 Å². The van der Waals surface area contributed by atoms with Crippen LogP contribution < -0.4 is 11.1 Å². The van der Waals surface area contributed by atoms with Gasteiger partial charge >= 0.3 is 0 Å². The highest BCUT2D eigenvalue weighted by atomic mass is 14.9. The Bertz CT molecular complexity index is 119. The average molecular weight is 186 g/mol. The molecular formula is C11H26N2. The molecule has 80 valence electrons. The van der Waals surface area contributed by atoms with Gasteiger partial charge in [0.15, 0.2) is 0 Å². The Hall–Kier alpha value is -0.0800. The minimum absolute atomic E-state index is 0.424. The quantitative estimate of drug-likeness (QED) is 0.598. The fourth-order valence-corrected chi connectivity index (χ4v) is 1.47. The minimum Gasteiger partial charge on any atom is -0.330 e. The van der Waals surface area contributed by atoms with Gasteiger partial charge < -0.3 is 11.1 Å². The van der Waals surface area contributed by atoms with E-state index in [0.29, 0.717) is 11.5 Å². The Morgan fingerprint density at radius 3 is 2.31 bits per heavy atom. The molecule has 0 saturated heterocycles. The largest absolute Gasteiger partial charge is 0.330 e. The summed E-state index contributed by atoms with van der Waals surface area (Å²) in [7, 11) is 0. The monoisotopic (exact) mass is 186 g/mol. The number of rotatable bonds is 7. The normalized spacial score (nSPS) is 12.5. The van der Waals surface area contributed by atoms with Crippen LogP contribution in [0.3, 0.4) is 0 Å². The summed E-state index contributed by atoms with van der Waals surface area (Å²) in [6.07, 6.45) is 3.66. The first-order chi connectivity index (χ1) is 5.98. The third-order valence-corrected chi connectivity index (χ3v) is 2.40. The molecule has 0 bridgehead atoms. The fraction of sp³-hybridized carbons (Fsp3) is 1.00. The Morgan fingerprint density at radius 1 is 1.23 bits per heavy atom. The van der Waals surface area contributed by atoms with Crippen LogP contribution in [0.15, 0.2) is 0 Å². The summed E-state index contributed by atoms with van der Waals surface area (Å²) >= 11 is 0. The van der Waals surface area contributed by atoms with Crippen molar-refractivity contribution in [3.8, 4) is 0 Å². The topological polar surface area (TPSA) is 38.0 Å². The predicted octanol–water partition coefficient (Wildman–Crippen LogP) is 2.14. The summed E-state index contributed by atoms with van der Waals surface area (Å²) in [5.41, 5.74) is 5.98. The van der Waals surface area contributed by atoms with E-state index in [1.54, 1.807) is 0 Å². The number of nitrogens with two attached hydrogens (primary N) is 1. The highest BCUT2D eigenvalue weighted by Gasteiger charge is 2.15. The lowest BCUT2D eigenvalue weighted by molar-refractivity contribution is 0.300. The van der Waals surface area contributed by atoms with Crippen LogP contribution in [0, 0.1) is 5.41 Å². The van der Waals surface area contributed by atoms with E-state index in [1.807, 2.05) is 0 Å². The van der Waals surface area contributed by atoms with Crippen LogP contribution in [-0.2, 0) is 0 Å². The van der Waals surface area contributed by atoms with Gasteiger partial charge in [-0.2, -0.15) is 0 Å². The van der Waals surface area contributed by atoms with E-state index in [9.17, 15) is 0 Å². The molecule has 0 spiro atoms. The van der Waals surface area contributed by atoms with Gasteiger partial charge in [-0.3, -0.25) is 0 Å². The van der Waals surface area contributed by atoms with E-state index in [4.69, 9.17) is 5.73 Å². The van der Waals surface area contributed by atoms with Crippen LogP contribution in [0.4, 0.5) is 0 Å². The van der Waals surface area contributed by atoms with Gasteiger partial charge in [0.25, 0.3) is 0 Å². The second kappa shape index (κ2) is 6.39. The van der Waals surface area contributed by atoms with Crippen LogP contribution in [0.2, 0.25) is 0 Å². The molecule has 0 aromatic heterocycles. The highest BCUT2D eigenvalue weighted by Crippen LogP contribution is 2.25. The van der Waals surface area contributed by atoms with Crippen molar-refractivity contribution in [2.75, 3.05) is 13.1 Å². The van der Waals surface area contributed by atoms with Gasteiger partial charge in [-0.1, -0.05) is 27.7 Å². The van der Waals surface area contributed by atoms with Gasteiger partial charge in [0.2, 0.25) is 0 Å². The first-order valence-corrected chi connectivity index (χ1v) is 5.41. The van der Waals surface area contributed by atoms with Gasteiger partial charge in [-0.05, 0) is 37.8 Å². The highest BCUT2D eigenvalue weighted by molar-refractivity contribution is 4.69. The van der Waals surface area contributed by atoms with Crippen LogP contribution in [0.1, 0.15) is 47.0 Å². The molecule has 0 rings (SSSR count). The maximum atomic E-state index is 5.55. The van der Waals surface area contributed by atoms with E-state index in [2.05, 4.69) is 33.0 Å². The molecule has 0 aromatic rings. The molecule has 0 aliphatic rings. The molecule has 0 heterocycles. The Kier molecular flexibility index (Phi) is 6.35. The molecule has 0 aliphatic carbocycles. The Balaban J connectivity index is 3.40. The average Bonchev–Trinajstić information content (AvgIpc) is 1.98. The van der Waals surface area contributed by atoms with E-state index in [-0.39, 0.29) is 0 Å². The third kappa shape index (κ3) is 8.26. The van der Waals surface area contributed by atoms with Crippen LogP contribution in [0.5, 0.6) is 0 Å². The number of nitrogens with one attached hydrogen (secondary N) is 1. The third-order valence-electron chi connectivity index (χ3n) is 2.40. The molecule has 13 heavy (non-hydrogen) atoms. The lowest BCUT2D eigenvalue weighted by atomic mass is 9.84. The summed E-state index contributed by atoms with van der Waals surface area (Å²) < 4.78 is 0. The van der Waals surface area contributed by atoms with Crippen molar-refractivity contribution in [1.82, 2.24) is 5.32 Å². The van der Waals surface area contributed by atoms with Crippen molar-refractivity contribution in [3.05, 3.63) is 0 Å². The Labute approximate surface area is 83.3 Å². The molecule has 0 aromatic carbocycles. The molecule has 0 amide bonds. The van der Waals surface area contributed by atoms with E-state index < -0.39 is 0 Å². The Morgan fingerprint density at radius 2 is 1.85 bits per heavy atom. The molecule has 0 unspecified atom stereocenters. The van der Waals surface area contributed by atoms with Crippen molar-refractivity contribution in [3.63, 3.8) is 0 Å². The molecule has 0 fully saturated rings. The van der Waals surface area contributed by atoms with E-state index in [0.717, 1.165) is 19.5 Å². The van der Waals surface area contributed by atoms with Crippen molar-refractivity contribution < 1.29 is 0 Å². The fourth-order valence-electron chi connectivity index (χ4n) is 1.47. The molecule has 0 radical (unpaired) electrons. The molecular weight excluding hydrogens is 160 g/mol. The van der Waals surface area contributed by atoms with Gasteiger partial charge in [0.1, 0.15) is 0 Å². The smallest absolute Gasteiger partial charge is 0.00103 e. The zero-order valence-electron chi connectivity index (χ0n) is 9.69. The zero-order chi connectivity index (χ0) is 10.3. The summed E-state index contributed by atoms with van der Waals surface area (Å²) in [6.45, 7) is 10.9.